The molecule has 2 N–H and O–H groups in total. The number of amides is 1. The van der Waals surface area contributed by atoms with Gasteiger partial charge in [0.15, 0.2) is 0 Å². The molecule has 0 bridgehead atoms. The van der Waals surface area contributed by atoms with E-state index in [2.05, 4.69) is 20.4 Å². The lowest BCUT2D eigenvalue weighted by Gasteiger charge is -2.09. The van der Waals surface area contributed by atoms with Gasteiger partial charge in [-0.1, -0.05) is 6.92 Å². The lowest BCUT2D eigenvalue weighted by atomic mass is 10.1. The van der Waals surface area contributed by atoms with E-state index < -0.39 is 0 Å². The molecule has 0 aliphatic rings. The summed E-state index contributed by atoms with van der Waals surface area (Å²) in [5, 5.41) is 15.7. The highest BCUT2D eigenvalue weighted by atomic mass is 16.3. The minimum Gasteiger partial charge on any atom is -0.396 e. The van der Waals surface area contributed by atoms with Crippen LogP contribution in [0.2, 0.25) is 0 Å². The van der Waals surface area contributed by atoms with E-state index in [1.165, 1.54) is 0 Å². The summed E-state index contributed by atoms with van der Waals surface area (Å²) in [6.45, 7) is 6.33. The number of aliphatic hydroxyl groups is 1. The lowest BCUT2D eigenvalue weighted by molar-refractivity contribution is 0.0935. The van der Waals surface area contributed by atoms with Crippen molar-refractivity contribution in [1.82, 2.24) is 24.9 Å². The molecule has 0 radical (unpaired) electrons. The van der Waals surface area contributed by atoms with Gasteiger partial charge in [0.25, 0.3) is 11.7 Å². The van der Waals surface area contributed by atoms with Crippen LogP contribution in [0.5, 0.6) is 0 Å². The standard InChI is InChI=1S/C13H19N5O2/c1-8(4-5-19)7-14-12(20)11-16-13-15-9(2)6-10(3)18(13)17-11/h6,8,19H,4-5,7H2,1-3H3,(H,14,20). The second kappa shape index (κ2) is 5.96. The molecule has 0 aromatic carbocycles. The Morgan fingerprint density at radius 3 is 2.90 bits per heavy atom. The number of aryl methyl sites for hydroxylation is 2. The predicted octanol–water partition coefficient (Wildman–Crippen LogP) is 0.489. The lowest BCUT2D eigenvalue weighted by Crippen LogP contribution is -2.29. The molecule has 1 unspecified atom stereocenters. The second-order valence-electron chi connectivity index (χ2n) is 5.01. The highest BCUT2D eigenvalue weighted by Gasteiger charge is 2.15. The molecule has 7 nitrogen and oxygen atoms in total. The largest absolute Gasteiger partial charge is 0.396 e. The number of nitrogens with one attached hydrogen (secondary N) is 1. The first-order valence-electron chi connectivity index (χ1n) is 6.61. The smallest absolute Gasteiger partial charge is 0.291 e. The summed E-state index contributed by atoms with van der Waals surface area (Å²) in [6.07, 6.45) is 0.652. The van der Waals surface area contributed by atoms with Gasteiger partial charge >= 0.3 is 0 Å². The third kappa shape index (κ3) is 3.11. The number of rotatable bonds is 5. The van der Waals surface area contributed by atoms with Crippen LogP contribution in [0, 0.1) is 19.8 Å². The first kappa shape index (κ1) is 14.4. The quantitative estimate of drug-likeness (QED) is 0.829. The monoisotopic (exact) mass is 277 g/mol. The fourth-order valence-electron chi connectivity index (χ4n) is 1.93. The zero-order valence-corrected chi connectivity index (χ0v) is 11.9. The van der Waals surface area contributed by atoms with Crippen molar-refractivity contribution in [3.8, 4) is 0 Å². The molecule has 108 valence electrons. The van der Waals surface area contributed by atoms with Crippen LogP contribution >= 0.6 is 0 Å². The van der Waals surface area contributed by atoms with Crippen LogP contribution in [0.1, 0.15) is 35.4 Å². The third-order valence-corrected chi connectivity index (χ3v) is 3.05. The number of carbonyl (C=O) groups excluding carboxylic acids is 1. The summed E-state index contributed by atoms with van der Waals surface area (Å²) >= 11 is 0. The molecule has 0 spiro atoms. The average molecular weight is 277 g/mol. The van der Waals surface area contributed by atoms with Gasteiger partial charge in [-0.05, 0) is 32.3 Å². The highest BCUT2D eigenvalue weighted by molar-refractivity contribution is 5.90. The van der Waals surface area contributed by atoms with E-state index in [0.29, 0.717) is 18.7 Å². The minimum atomic E-state index is -0.322. The molecule has 2 aromatic heterocycles. The van der Waals surface area contributed by atoms with Crippen molar-refractivity contribution in [2.75, 3.05) is 13.2 Å². The summed E-state index contributed by atoms with van der Waals surface area (Å²) in [5.74, 6) is 0.430. The molecule has 0 aliphatic heterocycles. The molecule has 1 atom stereocenters. The van der Waals surface area contributed by atoms with E-state index in [9.17, 15) is 4.79 Å². The summed E-state index contributed by atoms with van der Waals surface area (Å²) in [5.41, 5.74) is 1.72. The normalized spacial score (nSPS) is 12.6. The summed E-state index contributed by atoms with van der Waals surface area (Å²) in [6, 6.07) is 1.88. The second-order valence-corrected chi connectivity index (χ2v) is 5.01. The predicted molar refractivity (Wildman–Crippen MR) is 73.5 cm³/mol. The number of fused-ring (bicyclic) bond motifs is 1. The third-order valence-electron chi connectivity index (χ3n) is 3.05. The van der Waals surface area contributed by atoms with Gasteiger partial charge < -0.3 is 10.4 Å². The van der Waals surface area contributed by atoms with Gasteiger partial charge in [-0.15, -0.1) is 5.10 Å². The van der Waals surface area contributed by atoms with Gasteiger partial charge in [-0.2, -0.15) is 4.98 Å². The Labute approximate surface area is 117 Å². The van der Waals surface area contributed by atoms with Crippen LogP contribution < -0.4 is 5.32 Å². The maximum Gasteiger partial charge on any atom is 0.291 e. The van der Waals surface area contributed by atoms with Crippen LogP contribution in [0.3, 0.4) is 0 Å². The molecule has 20 heavy (non-hydrogen) atoms. The molecule has 2 heterocycles. The number of aliphatic hydroxyl groups excluding tert-OH is 1. The molecule has 2 rings (SSSR count). The number of aromatic nitrogens is 4. The van der Waals surface area contributed by atoms with Gasteiger partial charge in [0.05, 0.1) is 0 Å². The van der Waals surface area contributed by atoms with Crippen LogP contribution in [-0.2, 0) is 0 Å². The molecule has 0 saturated heterocycles. The summed E-state index contributed by atoms with van der Waals surface area (Å²) in [4.78, 5) is 20.4. The van der Waals surface area contributed by atoms with Crippen molar-refractivity contribution in [3.05, 3.63) is 23.3 Å². The molecule has 0 saturated carbocycles. The number of nitrogens with zero attached hydrogens (tertiary/aromatic N) is 4. The van der Waals surface area contributed by atoms with Gasteiger partial charge in [0.1, 0.15) is 0 Å². The van der Waals surface area contributed by atoms with Gasteiger partial charge in [0.2, 0.25) is 5.82 Å². The van der Waals surface area contributed by atoms with Crippen LogP contribution in [0.15, 0.2) is 6.07 Å². The maximum absolute atomic E-state index is 12.0. The Bertz CT molecular complexity index is 622. The van der Waals surface area contributed by atoms with Crippen molar-refractivity contribution >= 4 is 11.7 Å². The SMILES string of the molecule is Cc1cc(C)n2nc(C(=O)NCC(C)CCO)nc2n1. The molecule has 0 aliphatic carbocycles. The highest BCUT2D eigenvalue weighted by Crippen LogP contribution is 2.05. The van der Waals surface area contributed by atoms with Crippen molar-refractivity contribution in [3.63, 3.8) is 0 Å². The molecule has 1 amide bonds. The Kier molecular flexibility index (Phi) is 4.29. The number of carbonyl (C=O) groups is 1. The van der Waals surface area contributed by atoms with E-state index in [0.717, 1.165) is 11.4 Å². The van der Waals surface area contributed by atoms with E-state index in [1.54, 1.807) is 4.52 Å². The Balaban J connectivity index is 2.13. The zero-order chi connectivity index (χ0) is 14.7. The van der Waals surface area contributed by atoms with Crippen molar-refractivity contribution in [2.24, 2.45) is 5.92 Å². The Morgan fingerprint density at radius 2 is 2.20 bits per heavy atom. The van der Waals surface area contributed by atoms with E-state index in [-0.39, 0.29) is 24.3 Å². The molecular formula is C13H19N5O2. The van der Waals surface area contributed by atoms with E-state index >= 15 is 0 Å². The Hall–Kier alpha value is -2.02. The molecule has 0 fully saturated rings. The van der Waals surface area contributed by atoms with Crippen LogP contribution in [-0.4, -0.2) is 43.7 Å². The molecular weight excluding hydrogens is 258 g/mol. The van der Waals surface area contributed by atoms with E-state index in [1.807, 2.05) is 26.8 Å². The van der Waals surface area contributed by atoms with Gasteiger partial charge in [-0.25, -0.2) is 9.50 Å². The fraction of sp³-hybridized carbons (Fsp3) is 0.538. The van der Waals surface area contributed by atoms with Gasteiger partial charge in [0, 0.05) is 24.5 Å². The topological polar surface area (TPSA) is 92.4 Å². The molecule has 2 aromatic rings. The molecule has 7 heteroatoms. The number of hydrogen-bond acceptors (Lipinski definition) is 5. The van der Waals surface area contributed by atoms with E-state index in [4.69, 9.17) is 5.11 Å². The van der Waals surface area contributed by atoms with Crippen molar-refractivity contribution < 1.29 is 9.90 Å². The minimum absolute atomic E-state index is 0.113. The first-order valence-corrected chi connectivity index (χ1v) is 6.61. The van der Waals surface area contributed by atoms with Crippen LogP contribution in [0.4, 0.5) is 0 Å². The zero-order valence-electron chi connectivity index (χ0n) is 11.9. The van der Waals surface area contributed by atoms with Crippen molar-refractivity contribution in [2.45, 2.75) is 27.2 Å². The first-order chi connectivity index (χ1) is 9.51. The van der Waals surface area contributed by atoms with Gasteiger partial charge in [-0.3, -0.25) is 4.79 Å². The average Bonchev–Trinajstić information content (AvgIpc) is 2.80. The summed E-state index contributed by atoms with van der Waals surface area (Å²) < 4.78 is 1.55. The fourth-order valence-corrected chi connectivity index (χ4v) is 1.93. The summed E-state index contributed by atoms with van der Waals surface area (Å²) in [7, 11) is 0. The maximum atomic E-state index is 12.0. The Morgan fingerprint density at radius 1 is 1.45 bits per heavy atom. The van der Waals surface area contributed by atoms with Crippen molar-refractivity contribution in [1.29, 1.82) is 0 Å². The van der Waals surface area contributed by atoms with Crippen LogP contribution in [0.25, 0.3) is 5.78 Å². The number of hydrogen-bond donors (Lipinski definition) is 2.